The van der Waals surface area contributed by atoms with Crippen LogP contribution in [0, 0.1) is 0 Å². The number of hydrogen-bond donors (Lipinski definition) is 0. The van der Waals surface area contributed by atoms with Gasteiger partial charge in [0.2, 0.25) is 0 Å². The lowest BCUT2D eigenvalue weighted by atomic mass is 9.90. The highest BCUT2D eigenvalue weighted by atomic mass is 16.4. The minimum absolute atomic E-state index is 0.0806. The van der Waals surface area contributed by atoms with E-state index in [0.29, 0.717) is 11.2 Å². The van der Waals surface area contributed by atoms with Crippen LogP contribution in [0.1, 0.15) is 60.8 Å². The van der Waals surface area contributed by atoms with Gasteiger partial charge in [0.25, 0.3) is 0 Å². The average Bonchev–Trinajstić information content (AvgIpc) is 3.00. The van der Waals surface area contributed by atoms with Crippen LogP contribution < -0.4 is 11.3 Å². The fraction of sp³-hybridized carbons (Fsp3) is 0.167. The molecule has 0 N–H and O–H groups in total. The van der Waals surface area contributed by atoms with E-state index in [-0.39, 0.29) is 23.1 Å². The Morgan fingerprint density at radius 1 is 0.500 bits per heavy atom. The number of hydrogen-bond acceptors (Lipinski definition) is 4. The van der Waals surface area contributed by atoms with Crippen LogP contribution >= 0.6 is 0 Å². The minimum Gasteiger partial charge on any atom is -0.423 e. The highest BCUT2D eigenvalue weighted by Crippen LogP contribution is 2.28. The molecule has 0 bridgehead atoms. The van der Waals surface area contributed by atoms with Gasteiger partial charge in [-0.15, -0.1) is 0 Å². The maximum atomic E-state index is 12.2. The zero-order chi connectivity index (χ0) is 27.9. The highest BCUT2D eigenvalue weighted by Gasteiger charge is 2.18. The molecule has 2 atom stereocenters. The van der Waals surface area contributed by atoms with Gasteiger partial charge in [-0.1, -0.05) is 111 Å². The summed E-state index contributed by atoms with van der Waals surface area (Å²) in [5.41, 5.74) is 4.58. The van der Waals surface area contributed by atoms with E-state index in [1.807, 2.05) is 97.1 Å². The molecule has 0 amide bonds. The van der Waals surface area contributed by atoms with Gasteiger partial charge in [-0.05, 0) is 48.2 Å². The Kier molecular flexibility index (Phi) is 8.36. The quantitative estimate of drug-likeness (QED) is 0.203. The van der Waals surface area contributed by atoms with Crippen molar-refractivity contribution in [3.8, 4) is 0 Å². The van der Waals surface area contributed by atoms with E-state index in [2.05, 4.69) is 38.1 Å². The van der Waals surface area contributed by atoms with Gasteiger partial charge in [0.1, 0.15) is 11.2 Å². The Hall–Kier alpha value is -4.70. The maximum absolute atomic E-state index is 12.2. The first-order valence-corrected chi connectivity index (χ1v) is 13.7. The van der Waals surface area contributed by atoms with Crippen LogP contribution in [0.2, 0.25) is 0 Å². The fourth-order valence-corrected chi connectivity index (χ4v) is 5.28. The molecule has 0 saturated carbocycles. The van der Waals surface area contributed by atoms with Crippen LogP contribution in [0.25, 0.3) is 21.9 Å². The molecule has 6 aromatic rings. The molecule has 6 rings (SSSR count). The normalized spacial score (nSPS) is 12.4. The molecule has 40 heavy (non-hydrogen) atoms. The molecule has 200 valence electrons. The summed E-state index contributed by atoms with van der Waals surface area (Å²) < 4.78 is 10.9. The van der Waals surface area contributed by atoms with E-state index < -0.39 is 0 Å². The maximum Gasteiger partial charge on any atom is 0.340 e. The van der Waals surface area contributed by atoms with E-state index in [9.17, 15) is 9.59 Å². The third kappa shape index (κ3) is 5.81. The lowest BCUT2D eigenvalue weighted by Crippen LogP contribution is -2.13. The first kappa shape index (κ1) is 26.9. The van der Waals surface area contributed by atoms with Crippen LogP contribution in [0.3, 0.4) is 0 Å². The third-order valence-corrected chi connectivity index (χ3v) is 7.31. The standard InChI is InChI=1S/2C18H16O2/c2*1-2-15(13-8-4-3-5-9-13)16-12-14-10-6-7-11-17(14)20-18(16)19/h2*3-12,15H,2H2,1H3. The van der Waals surface area contributed by atoms with Gasteiger partial charge < -0.3 is 8.83 Å². The molecule has 4 aromatic carbocycles. The monoisotopic (exact) mass is 528 g/mol. The summed E-state index contributed by atoms with van der Waals surface area (Å²) in [4.78, 5) is 24.5. The van der Waals surface area contributed by atoms with Crippen molar-refractivity contribution >= 4 is 21.9 Å². The zero-order valence-corrected chi connectivity index (χ0v) is 22.7. The summed E-state index contributed by atoms with van der Waals surface area (Å²) in [5, 5.41) is 1.94. The Labute approximate surface area is 233 Å². The van der Waals surface area contributed by atoms with E-state index in [1.165, 1.54) is 0 Å². The SMILES string of the molecule is CCC(c1ccccc1)c1cc2ccccc2oc1=O.CCC(c1ccccc1)c1cc2ccccc2oc1=O. The van der Waals surface area contributed by atoms with Crippen molar-refractivity contribution in [1.29, 1.82) is 0 Å². The second-order valence-corrected chi connectivity index (χ2v) is 9.80. The molecule has 2 unspecified atom stereocenters. The Balaban J connectivity index is 0.000000161. The van der Waals surface area contributed by atoms with E-state index in [1.54, 1.807) is 0 Å². The van der Waals surface area contributed by atoms with Gasteiger partial charge in [-0.25, -0.2) is 9.59 Å². The largest absolute Gasteiger partial charge is 0.423 e. The van der Waals surface area contributed by atoms with Crippen molar-refractivity contribution < 1.29 is 8.83 Å². The van der Waals surface area contributed by atoms with Crippen molar-refractivity contribution in [2.24, 2.45) is 0 Å². The van der Waals surface area contributed by atoms with Gasteiger partial charge in [0, 0.05) is 33.7 Å². The van der Waals surface area contributed by atoms with Crippen LogP contribution in [0.5, 0.6) is 0 Å². The summed E-state index contributed by atoms with van der Waals surface area (Å²) in [5.74, 6) is 0.161. The van der Waals surface area contributed by atoms with Crippen molar-refractivity contribution in [1.82, 2.24) is 0 Å². The number of para-hydroxylation sites is 2. The smallest absolute Gasteiger partial charge is 0.340 e. The Morgan fingerprint density at radius 3 is 1.23 bits per heavy atom. The van der Waals surface area contributed by atoms with Gasteiger partial charge in [-0.2, -0.15) is 0 Å². The molecule has 0 aliphatic rings. The lowest BCUT2D eigenvalue weighted by Gasteiger charge is -2.14. The minimum atomic E-state index is -0.237. The van der Waals surface area contributed by atoms with Crippen LogP contribution in [-0.2, 0) is 0 Å². The summed E-state index contributed by atoms with van der Waals surface area (Å²) >= 11 is 0. The molecule has 0 aliphatic heterocycles. The highest BCUT2D eigenvalue weighted by molar-refractivity contribution is 5.77. The number of fused-ring (bicyclic) bond motifs is 2. The predicted molar refractivity (Wildman–Crippen MR) is 162 cm³/mol. The van der Waals surface area contributed by atoms with Crippen LogP contribution in [-0.4, -0.2) is 0 Å². The molecule has 0 radical (unpaired) electrons. The predicted octanol–water partition coefficient (Wildman–Crippen LogP) is 8.67. The molecule has 0 spiro atoms. The summed E-state index contributed by atoms with van der Waals surface area (Å²) in [7, 11) is 0. The molecule has 0 aliphatic carbocycles. The van der Waals surface area contributed by atoms with E-state index in [4.69, 9.17) is 8.83 Å². The Morgan fingerprint density at radius 2 is 0.850 bits per heavy atom. The number of rotatable bonds is 6. The first-order valence-electron chi connectivity index (χ1n) is 13.7. The summed E-state index contributed by atoms with van der Waals surface area (Å²) in [6, 6.07) is 39.4. The average molecular weight is 529 g/mol. The fourth-order valence-electron chi connectivity index (χ4n) is 5.28. The van der Waals surface area contributed by atoms with Crippen LogP contribution in [0.15, 0.2) is 140 Å². The van der Waals surface area contributed by atoms with Gasteiger partial charge in [0.15, 0.2) is 0 Å². The third-order valence-electron chi connectivity index (χ3n) is 7.31. The van der Waals surface area contributed by atoms with Gasteiger partial charge >= 0.3 is 11.3 Å². The second kappa shape index (κ2) is 12.4. The molecule has 2 heterocycles. The van der Waals surface area contributed by atoms with E-state index >= 15 is 0 Å². The first-order chi connectivity index (χ1) is 19.6. The molecule has 2 aromatic heterocycles. The second-order valence-electron chi connectivity index (χ2n) is 9.80. The molecular weight excluding hydrogens is 496 g/mol. The molecule has 0 fully saturated rings. The topological polar surface area (TPSA) is 60.4 Å². The molecule has 4 nitrogen and oxygen atoms in total. The molecule has 0 saturated heterocycles. The molecular formula is C36H32O4. The van der Waals surface area contributed by atoms with Gasteiger partial charge in [-0.3, -0.25) is 0 Å². The van der Waals surface area contributed by atoms with E-state index in [0.717, 1.165) is 45.9 Å². The lowest BCUT2D eigenvalue weighted by molar-refractivity contribution is 0.541. The van der Waals surface area contributed by atoms with Gasteiger partial charge in [0.05, 0.1) is 0 Å². The summed E-state index contributed by atoms with van der Waals surface area (Å²) in [6.45, 7) is 4.18. The zero-order valence-electron chi connectivity index (χ0n) is 22.7. The Bertz CT molecular complexity index is 1680. The van der Waals surface area contributed by atoms with Crippen LogP contribution in [0.4, 0.5) is 0 Å². The molecule has 4 heteroatoms. The van der Waals surface area contributed by atoms with Crippen molar-refractivity contribution in [3.05, 3.63) is 164 Å². The van der Waals surface area contributed by atoms with Crippen molar-refractivity contribution in [2.75, 3.05) is 0 Å². The van der Waals surface area contributed by atoms with Crippen molar-refractivity contribution in [3.63, 3.8) is 0 Å². The summed E-state index contributed by atoms with van der Waals surface area (Å²) in [6.07, 6.45) is 1.74. The van der Waals surface area contributed by atoms with Crippen molar-refractivity contribution in [2.45, 2.75) is 38.5 Å². The number of benzene rings is 4.